The van der Waals surface area contributed by atoms with E-state index >= 15 is 0 Å². The van der Waals surface area contributed by atoms with E-state index in [9.17, 15) is 4.79 Å². The van der Waals surface area contributed by atoms with Gasteiger partial charge >= 0.3 is 0 Å². The van der Waals surface area contributed by atoms with Crippen LogP contribution in [0.2, 0.25) is 0 Å². The summed E-state index contributed by atoms with van der Waals surface area (Å²) in [5.74, 6) is 1.65. The number of para-hydroxylation sites is 1. The van der Waals surface area contributed by atoms with Gasteiger partial charge in [0.05, 0.1) is 42.3 Å². The van der Waals surface area contributed by atoms with E-state index in [2.05, 4.69) is 10.1 Å². The van der Waals surface area contributed by atoms with Crippen LogP contribution >= 0.6 is 0 Å². The van der Waals surface area contributed by atoms with Crippen LogP contribution in [-0.4, -0.2) is 39.9 Å². The first-order chi connectivity index (χ1) is 13.2. The number of likely N-dealkylation sites (tertiary alicyclic amines) is 1. The third-order valence-corrected chi connectivity index (χ3v) is 5.11. The van der Waals surface area contributed by atoms with Crippen molar-refractivity contribution in [3.05, 3.63) is 58.0 Å². The van der Waals surface area contributed by atoms with Crippen molar-refractivity contribution in [1.29, 1.82) is 0 Å². The van der Waals surface area contributed by atoms with Crippen molar-refractivity contribution >= 4 is 10.9 Å². The highest BCUT2D eigenvalue weighted by Crippen LogP contribution is 2.32. The molecule has 7 heteroatoms. The Bertz CT molecular complexity index is 994. The summed E-state index contributed by atoms with van der Waals surface area (Å²) < 4.78 is 12.4. The molecule has 0 amide bonds. The standard InChI is InChI=1S/C20H24N4O3/c1-14-12-15(27-22-14)13-23-9-5-8-18(23)19-21-17-7-4-3-6-16(17)20(25)24(19)10-11-26-2/h3-4,6-7,12,18H,5,8-11,13H2,1-2H3. The summed E-state index contributed by atoms with van der Waals surface area (Å²) in [5.41, 5.74) is 1.62. The van der Waals surface area contributed by atoms with Gasteiger partial charge in [-0.3, -0.25) is 14.3 Å². The van der Waals surface area contributed by atoms with Gasteiger partial charge in [0.25, 0.3) is 5.56 Å². The van der Waals surface area contributed by atoms with Crippen molar-refractivity contribution in [2.45, 2.75) is 38.9 Å². The Kier molecular flexibility index (Phi) is 5.05. The zero-order chi connectivity index (χ0) is 18.8. The molecule has 1 aliphatic rings. The highest BCUT2D eigenvalue weighted by molar-refractivity contribution is 5.77. The topological polar surface area (TPSA) is 73.4 Å². The summed E-state index contributed by atoms with van der Waals surface area (Å²) in [6.45, 7) is 4.49. The maximum atomic E-state index is 13.1. The zero-order valence-electron chi connectivity index (χ0n) is 15.7. The summed E-state index contributed by atoms with van der Waals surface area (Å²) in [7, 11) is 1.65. The molecule has 7 nitrogen and oxygen atoms in total. The van der Waals surface area contributed by atoms with Crippen molar-refractivity contribution in [1.82, 2.24) is 19.6 Å². The molecule has 0 spiro atoms. The highest BCUT2D eigenvalue weighted by atomic mass is 16.5. The second-order valence-electron chi connectivity index (χ2n) is 7.00. The molecule has 1 atom stereocenters. The van der Waals surface area contributed by atoms with Crippen LogP contribution in [0.1, 0.15) is 36.2 Å². The number of aryl methyl sites for hydroxylation is 1. The van der Waals surface area contributed by atoms with Gasteiger partial charge in [-0.25, -0.2) is 4.98 Å². The molecule has 0 radical (unpaired) electrons. The van der Waals surface area contributed by atoms with E-state index in [0.717, 1.165) is 42.2 Å². The summed E-state index contributed by atoms with van der Waals surface area (Å²) in [6, 6.07) is 9.56. The number of ether oxygens (including phenoxy) is 1. The van der Waals surface area contributed by atoms with Gasteiger partial charge < -0.3 is 9.26 Å². The first-order valence-electron chi connectivity index (χ1n) is 9.32. The quantitative estimate of drug-likeness (QED) is 0.666. The first kappa shape index (κ1) is 17.9. The van der Waals surface area contributed by atoms with Gasteiger partial charge in [-0.1, -0.05) is 17.3 Å². The molecule has 1 fully saturated rings. The number of hydrogen-bond acceptors (Lipinski definition) is 6. The third-order valence-electron chi connectivity index (χ3n) is 5.11. The van der Waals surface area contributed by atoms with Gasteiger partial charge in [-0.2, -0.15) is 0 Å². The summed E-state index contributed by atoms with van der Waals surface area (Å²) in [5, 5.41) is 4.63. The number of methoxy groups -OCH3 is 1. The summed E-state index contributed by atoms with van der Waals surface area (Å²) >= 11 is 0. The van der Waals surface area contributed by atoms with E-state index in [-0.39, 0.29) is 11.6 Å². The lowest BCUT2D eigenvalue weighted by Gasteiger charge is -2.25. The molecule has 3 aromatic rings. The predicted octanol–water partition coefficient (Wildman–Crippen LogP) is 2.68. The Morgan fingerprint density at radius 2 is 2.19 bits per heavy atom. The molecule has 1 saturated heterocycles. The van der Waals surface area contributed by atoms with E-state index in [1.807, 2.05) is 37.3 Å². The van der Waals surface area contributed by atoms with E-state index in [4.69, 9.17) is 14.2 Å². The Hall–Kier alpha value is -2.51. The summed E-state index contributed by atoms with van der Waals surface area (Å²) in [4.78, 5) is 20.3. The Morgan fingerprint density at radius 3 is 2.96 bits per heavy atom. The van der Waals surface area contributed by atoms with E-state index < -0.39 is 0 Å². The monoisotopic (exact) mass is 368 g/mol. The van der Waals surface area contributed by atoms with Crippen molar-refractivity contribution in [2.24, 2.45) is 0 Å². The fourth-order valence-corrected chi connectivity index (χ4v) is 3.84. The zero-order valence-corrected chi connectivity index (χ0v) is 15.7. The van der Waals surface area contributed by atoms with Crippen LogP contribution in [-0.2, 0) is 17.8 Å². The number of aromatic nitrogens is 3. The maximum absolute atomic E-state index is 13.1. The van der Waals surface area contributed by atoms with E-state index in [1.165, 1.54) is 0 Å². The largest absolute Gasteiger partial charge is 0.383 e. The smallest absolute Gasteiger partial charge is 0.261 e. The average Bonchev–Trinajstić information content (AvgIpc) is 3.30. The maximum Gasteiger partial charge on any atom is 0.261 e. The highest BCUT2D eigenvalue weighted by Gasteiger charge is 2.31. The predicted molar refractivity (Wildman–Crippen MR) is 102 cm³/mol. The lowest BCUT2D eigenvalue weighted by Crippen LogP contribution is -2.33. The molecular weight excluding hydrogens is 344 g/mol. The number of nitrogens with zero attached hydrogens (tertiary/aromatic N) is 4. The van der Waals surface area contributed by atoms with Crippen LogP contribution in [0.5, 0.6) is 0 Å². The van der Waals surface area contributed by atoms with Crippen LogP contribution in [0.25, 0.3) is 10.9 Å². The van der Waals surface area contributed by atoms with Crippen LogP contribution < -0.4 is 5.56 Å². The lowest BCUT2D eigenvalue weighted by atomic mass is 10.1. The number of fused-ring (bicyclic) bond motifs is 1. The lowest BCUT2D eigenvalue weighted by molar-refractivity contribution is 0.175. The van der Waals surface area contributed by atoms with Crippen molar-refractivity contribution in [2.75, 3.05) is 20.3 Å². The molecule has 1 aliphatic heterocycles. The molecule has 3 heterocycles. The second kappa shape index (κ2) is 7.62. The minimum absolute atomic E-state index is 0.00462. The van der Waals surface area contributed by atoms with Gasteiger partial charge in [0.2, 0.25) is 0 Å². The van der Waals surface area contributed by atoms with Crippen LogP contribution in [0.15, 0.2) is 39.6 Å². The molecule has 142 valence electrons. The minimum atomic E-state index is -0.00462. The molecule has 27 heavy (non-hydrogen) atoms. The number of benzene rings is 1. The molecule has 0 bridgehead atoms. The summed E-state index contributed by atoms with van der Waals surface area (Å²) in [6.07, 6.45) is 2.02. The molecule has 0 saturated carbocycles. The molecule has 0 aliphatic carbocycles. The Balaban J connectivity index is 1.75. The Labute approximate surface area is 157 Å². The molecule has 0 N–H and O–H groups in total. The van der Waals surface area contributed by atoms with Crippen molar-refractivity contribution in [3.8, 4) is 0 Å². The van der Waals surface area contributed by atoms with Crippen molar-refractivity contribution < 1.29 is 9.26 Å². The molecule has 4 rings (SSSR count). The Morgan fingerprint density at radius 1 is 1.33 bits per heavy atom. The third kappa shape index (κ3) is 3.52. The molecule has 1 aromatic carbocycles. The fraction of sp³-hybridized carbons (Fsp3) is 0.450. The average molecular weight is 368 g/mol. The molecular formula is C20H24N4O3. The van der Waals surface area contributed by atoms with Crippen molar-refractivity contribution in [3.63, 3.8) is 0 Å². The fourth-order valence-electron chi connectivity index (χ4n) is 3.84. The second-order valence-corrected chi connectivity index (χ2v) is 7.00. The molecule has 1 unspecified atom stereocenters. The van der Waals surface area contributed by atoms with Crippen LogP contribution in [0.3, 0.4) is 0 Å². The molecule has 2 aromatic heterocycles. The van der Waals surface area contributed by atoms with Gasteiger partial charge in [0, 0.05) is 13.2 Å². The SMILES string of the molecule is COCCn1c(C2CCCN2Cc2cc(C)no2)nc2ccccc2c1=O. The normalized spacial score (nSPS) is 17.8. The van der Waals surface area contributed by atoms with Crippen LogP contribution in [0, 0.1) is 6.92 Å². The number of rotatable bonds is 6. The van der Waals surface area contributed by atoms with E-state index in [0.29, 0.717) is 25.1 Å². The van der Waals surface area contributed by atoms with Crippen LogP contribution in [0.4, 0.5) is 0 Å². The van der Waals surface area contributed by atoms with Gasteiger partial charge in [-0.05, 0) is 38.4 Å². The van der Waals surface area contributed by atoms with Gasteiger partial charge in [0.1, 0.15) is 5.82 Å². The van der Waals surface area contributed by atoms with E-state index in [1.54, 1.807) is 11.7 Å². The minimum Gasteiger partial charge on any atom is -0.383 e. The van der Waals surface area contributed by atoms with Gasteiger partial charge in [-0.15, -0.1) is 0 Å². The van der Waals surface area contributed by atoms with Gasteiger partial charge in [0.15, 0.2) is 5.76 Å². The first-order valence-corrected chi connectivity index (χ1v) is 9.32. The number of hydrogen-bond donors (Lipinski definition) is 0.